The number of aromatic hydroxyl groups is 1. The number of phenols is 1. The molecule has 1 amide bonds. The summed E-state index contributed by atoms with van der Waals surface area (Å²) >= 11 is 0. The molecule has 5 heteroatoms. The lowest BCUT2D eigenvalue weighted by molar-refractivity contribution is -0.118. The van der Waals surface area contributed by atoms with E-state index in [1.54, 1.807) is 0 Å². The topological polar surface area (TPSA) is 86.6 Å². The van der Waals surface area contributed by atoms with Crippen molar-refractivity contribution in [3.05, 3.63) is 23.8 Å². The molecule has 0 spiro atoms. The van der Waals surface area contributed by atoms with Gasteiger partial charge in [0.2, 0.25) is 5.91 Å². The Kier molecular flexibility index (Phi) is 2.55. The van der Waals surface area contributed by atoms with E-state index in [0.29, 0.717) is 23.7 Å². The summed E-state index contributed by atoms with van der Waals surface area (Å²) in [6, 6.07) is 3.93. The van der Waals surface area contributed by atoms with Crippen LogP contribution < -0.4 is 5.32 Å². The third kappa shape index (κ3) is 1.83. The molecule has 21 heavy (non-hydrogen) atoms. The Morgan fingerprint density at radius 2 is 1.81 bits per heavy atom. The number of amides is 1. The molecule has 5 nitrogen and oxygen atoms in total. The minimum Gasteiger partial charge on any atom is -0.506 e. The highest BCUT2D eigenvalue weighted by Gasteiger charge is 2.67. The molecule has 4 unspecified atom stereocenters. The van der Waals surface area contributed by atoms with Crippen LogP contribution in [-0.2, 0) is 4.79 Å². The molecule has 3 N–H and O–H groups in total. The summed E-state index contributed by atoms with van der Waals surface area (Å²) < 4.78 is 0. The van der Waals surface area contributed by atoms with Gasteiger partial charge in [0.1, 0.15) is 5.75 Å². The van der Waals surface area contributed by atoms with Gasteiger partial charge in [0.05, 0.1) is 11.3 Å². The largest absolute Gasteiger partial charge is 0.506 e. The molecule has 0 aromatic heterocycles. The molecule has 4 atom stereocenters. The number of hydrogen-bond donors (Lipinski definition) is 3. The summed E-state index contributed by atoms with van der Waals surface area (Å²) in [6.07, 6.45) is 3.77. The van der Waals surface area contributed by atoms with Gasteiger partial charge in [-0.15, -0.1) is 0 Å². The highest BCUT2D eigenvalue weighted by molar-refractivity contribution is 5.98. The fraction of sp³-hybridized carbons (Fsp3) is 0.500. The van der Waals surface area contributed by atoms with Gasteiger partial charge in [-0.3, -0.25) is 4.79 Å². The highest BCUT2D eigenvalue weighted by atomic mass is 16.4. The van der Waals surface area contributed by atoms with Crippen molar-refractivity contribution in [1.82, 2.24) is 0 Å². The number of carbonyl (C=O) groups excluding carboxylic acids is 1. The summed E-state index contributed by atoms with van der Waals surface area (Å²) in [5, 5.41) is 21.5. The van der Waals surface area contributed by atoms with Crippen molar-refractivity contribution in [1.29, 1.82) is 0 Å². The monoisotopic (exact) mass is 287 g/mol. The van der Waals surface area contributed by atoms with E-state index in [9.17, 15) is 14.7 Å². The van der Waals surface area contributed by atoms with Gasteiger partial charge in [-0.05, 0) is 61.1 Å². The smallest absolute Gasteiger partial charge is 0.335 e. The van der Waals surface area contributed by atoms with Crippen LogP contribution in [0.15, 0.2) is 18.2 Å². The Labute approximate surface area is 122 Å². The summed E-state index contributed by atoms with van der Waals surface area (Å²) in [7, 11) is 0. The molecule has 1 aromatic rings. The molecule has 2 bridgehead atoms. The Bertz CT molecular complexity index is 625. The number of rotatable bonds is 3. The van der Waals surface area contributed by atoms with Gasteiger partial charge in [-0.2, -0.15) is 0 Å². The minimum atomic E-state index is -1.08. The second-order valence-corrected chi connectivity index (χ2v) is 6.54. The number of aromatic carboxylic acids is 1. The number of hydrogen-bond acceptors (Lipinski definition) is 3. The molecule has 0 heterocycles. The van der Waals surface area contributed by atoms with E-state index in [-0.39, 0.29) is 28.8 Å². The molecule has 0 aliphatic heterocycles. The van der Waals surface area contributed by atoms with Crippen LogP contribution in [0, 0.1) is 29.6 Å². The zero-order valence-electron chi connectivity index (χ0n) is 11.5. The number of nitrogens with one attached hydrogen (secondary N) is 1. The van der Waals surface area contributed by atoms with E-state index in [4.69, 9.17) is 5.11 Å². The van der Waals surface area contributed by atoms with Gasteiger partial charge in [0.25, 0.3) is 0 Å². The Balaban J connectivity index is 1.51. The van der Waals surface area contributed by atoms with Crippen molar-refractivity contribution >= 4 is 17.6 Å². The predicted molar refractivity (Wildman–Crippen MR) is 75.0 cm³/mol. The van der Waals surface area contributed by atoms with Gasteiger partial charge in [0, 0.05) is 5.92 Å². The molecule has 1 aromatic carbocycles. The predicted octanol–water partition coefficient (Wildman–Crippen LogP) is 2.32. The van der Waals surface area contributed by atoms with Crippen molar-refractivity contribution in [2.24, 2.45) is 29.6 Å². The van der Waals surface area contributed by atoms with E-state index >= 15 is 0 Å². The van der Waals surface area contributed by atoms with Crippen molar-refractivity contribution in [2.75, 3.05) is 5.32 Å². The molecular formula is C16H17NO4. The molecule has 0 saturated heterocycles. The highest BCUT2D eigenvalue weighted by Crippen LogP contribution is 2.69. The quantitative estimate of drug-likeness (QED) is 0.745. The first kappa shape index (κ1) is 12.7. The van der Waals surface area contributed by atoms with Gasteiger partial charge in [-0.25, -0.2) is 4.79 Å². The Morgan fingerprint density at radius 1 is 1.14 bits per heavy atom. The van der Waals surface area contributed by atoms with Crippen LogP contribution in [0.25, 0.3) is 0 Å². The number of phenolic OH excluding ortho intramolecular Hbond substituents is 1. The third-order valence-corrected chi connectivity index (χ3v) is 5.54. The van der Waals surface area contributed by atoms with Crippen molar-refractivity contribution in [2.45, 2.75) is 19.3 Å². The van der Waals surface area contributed by atoms with E-state index in [2.05, 4.69) is 5.32 Å². The van der Waals surface area contributed by atoms with Crippen LogP contribution in [-0.4, -0.2) is 22.1 Å². The number of carboxylic acid groups (broad SMARTS) is 1. The van der Waals surface area contributed by atoms with Crippen molar-refractivity contribution in [3.8, 4) is 5.75 Å². The Morgan fingerprint density at radius 3 is 2.43 bits per heavy atom. The number of anilines is 1. The lowest BCUT2D eigenvalue weighted by Crippen LogP contribution is -2.18. The molecule has 3 fully saturated rings. The Hall–Kier alpha value is -2.04. The third-order valence-electron chi connectivity index (χ3n) is 5.54. The zero-order valence-corrected chi connectivity index (χ0v) is 11.5. The van der Waals surface area contributed by atoms with Crippen molar-refractivity contribution < 1.29 is 19.8 Å². The fourth-order valence-electron chi connectivity index (χ4n) is 4.66. The summed E-state index contributed by atoms with van der Waals surface area (Å²) in [5.74, 6) is 1.27. The van der Waals surface area contributed by atoms with E-state index in [0.717, 1.165) is 0 Å². The standard InChI is InChI=1S/C16H17NO4/c18-11-4-3-9(16(20)21)6-10(11)17-15(19)14-12-7-1-2-8(5-7)13(12)14/h3-4,6-8,12-14,18H,1-2,5H2,(H,17,19)(H,20,21). The minimum absolute atomic E-state index is 0.0548. The SMILES string of the molecule is O=C(O)c1ccc(O)c(NC(=O)C2C3C4CCC(C4)C23)c1. The van der Waals surface area contributed by atoms with Crippen LogP contribution in [0.5, 0.6) is 5.75 Å². The van der Waals surface area contributed by atoms with Crippen LogP contribution in [0.3, 0.4) is 0 Å². The maximum absolute atomic E-state index is 12.4. The van der Waals surface area contributed by atoms with Crippen LogP contribution >= 0.6 is 0 Å². The second kappa shape index (κ2) is 4.23. The fourth-order valence-corrected chi connectivity index (χ4v) is 4.66. The first-order chi connectivity index (χ1) is 10.1. The maximum atomic E-state index is 12.4. The second-order valence-electron chi connectivity index (χ2n) is 6.54. The first-order valence-corrected chi connectivity index (χ1v) is 7.43. The molecule has 110 valence electrons. The molecule has 0 radical (unpaired) electrons. The van der Waals surface area contributed by atoms with Gasteiger partial charge < -0.3 is 15.5 Å². The van der Waals surface area contributed by atoms with Crippen LogP contribution in [0.4, 0.5) is 5.69 Å². The van der Waals surface area contributed by atoms with Gasteiger partial charge in [0.15, 0.2) is 0 Å². The molecule has 3 aliphatic carbocycles. The lowest BCUT2D eigenvalue weighted by atomic mass is 10.0. The molecule has 3 aliphatic rings. The van der Waals surface area contributed by atoms with Gasteiger partial charge >= 0.3 is 5.97 Å². The summed E-state index contributed by atoms with van der Waals surface area (Å²) in [5.41, 5.74) is 0.247. The molecule has 4 rings (SSSR count). The number of fused-ring (bicyclic) bond motifs is 5. The van der Waals surface area contributed by atoms with E-state index in [1.807, 2.05) is 0 Å². The van der Waals surface area contributed by atoms with Gasteiger partial charge in [-0.1, -0.05) is 0 Å². The van der Waals surface area contributed by atoms with E-state index < -0.39 is 5.97 Å². The van der Waals surface area contributed by atoms with Crippen molar-refractivity contribution in [3.63, 3.8) is 0 Å². The first-order valence-electron chi connectivity index (χ1n) is 7.43. The van der Waals surface area contributed by atoms with Crippen LogP contribution in [0.2, 0.25) is 0 Å². The number of benzene rings is 1. The maximum Gasteiger partial charge on any atom is 0.335 e. The number of carboxylic acids is 1. The molecular weight excluding hydrogens is 270 g/mol. The summed E-state index contributed by atoms with van der Waals surface area (Å²) in [4.78, 5) is 23.3. The number of carbonyl (C=O) groups is 2. The average Bonchev–Trinajstić information content (AvgIpc) is 2.90. The van der Waals surface area contributed by atoms with E-state index in [1.165, 1.54) is 37.5 Å². The lowest BCUT2D eigenvalue weighted by Gasteiger charge is -2.11. The molecule has 3 saturated carbocycles. The zero-order chi connectivity index (χ0) is 14.7. The normalized spacial score (nSPS) is 35.3. The summed E-state index contributed by atoms with van der Waals surface area (Å²) in [6.45, 7) is 0. The average molecular weight is 287 g/mol. The van der Waals surface area contributed by atoms with Crippen LogP contribution in [0.1, 0.15) is 29.6 Å².